The summed E-state index contributed by atoms with van der Waals surface area (Å²) in [6, 6.07) is 0. The number of esters is 2. The third-order valence-corrected chi connectivity index (χ3v) is 6.64. The van der Waals surface area contributed by atoms with E-state index in [-0.39, 0.29) is 30.6 Å². The molecule has 1 unspecified atom stereocenters. The SMILES string of the molecule is CCCCCCCCCCCCC[C@@H](CC1OC(=O)[C@H]1CCCCCC)OC(=O)CNC=O. The molecule has 33 heavy (non-hydrogen) atoms. The number of carbonyl (C=O) groups excluding carboxylic acids is 3. The lowest BCUT2D eigenvalue weighted by Gasteiger charge is -2.37. The molecule has 0 saturated carbocycles. The minimum absolute atomic E-state index is 0.0616. The van der Waals surface area contributed by atoms with Gasteiger partial charge in [0.05, 0.1) is 5.92 Å². The molecule has 1 heterocycles. The van der Waals surface area contributed by atoms with Crippen molar-refractivity contribution in [3.8, 4) is 0 Å². The van der Waals surface area contributed by atoms with Gasteiger partial charge >= 0.3 is 11.9 Å². The highest BCUT2D eigenvalue weighted by Gasteiger charge is 2.43. The molecule has 0 aromatic heterocycles. The first-order valence-electron chi connectivity index (χ1n) is 13.7. The molecule has 1 fully saturated rings. The Bertz CT molecular complexity index is 525. The smallest absolute Gasteiger partial charge is 0.325 e. The van der Waals surface area contributed by atoms with Crippen molar-refractivity contribution in [3.05, 3.63) is 0 Å². The maximum atomic E-state index is 12.0. The van der Waals surface area contributed by atoms with Crippen LogP contribution in [0.1, 0.15) is 129 Å². The molecule has 1 rings (SSSR count). The van der Waals surface area contributed by atoms with Crippen molar-refractivity contribution in [1.82, 2.24) is 5.32 Å². The van der Waals surface area contributed by atoms with Crippen molar-refractivity contribution in [3.63, 3.8) is 0 Å². The number of unbranched alkanes of at least 4 members (excludes halogenated alkanes) is 13. The van der Waals surface area contributed by atoms with Crippen LogP contribution in [-0.4, -0.2) is 37.1 Å². The first-order valence-corrected chi connectivity index (χ1v) is 13.7. The predicted molar refractivity (Wildman–Crippen MR) is 132 cm³/mol. The van der Waals surface area contributed by atoms with Crippen molar-refractivity contribution in [1.29, 1.82) is 0 Å². The fourth-order valence-corrected chi connectivity index (χ4v) is 4.58. The molecule has 3 atom stereocenters. The summed E-state index contributed by atoms with van der Waals surface area (Å²) in [5.74, 6) is -0.604. The Morgan fingerprint density at radius 1 is 0.909 bits per heavy atom. The quantitative estimate of drug-likeness (QED) is 0.109. The van der Waals surface area contributed by atoms with Gasteiger partial charge in [0.15, 0.2) is 0 Å². The summed E-state index contributed by atoms with van der Waals surface area (Å²) in [5, 5.41) is 2.36. The van der Waals surface area contributed by atoms with E-state index in [4.69, 9.17) is 9.47 Å². The monoisotopic (exact) mass is 467 g/mol. The normalized spacial score (nSPS) is 18.3. The number of ether oxygens (including phenoxy) is 2. The van der Waals surface area contributed by atoms with Crippen LogP contribution < -0.4 is 5.32 Å². The Morgan fingerprint density at radius 2 is 1.45 bits per heavy atom. The Hall–Kier alpha value is -1.59. The lowest BCUT2D eigenvalue weighted by Crippen LogP contribution is -2.47. The van der Waals surface area contributed by atoms with Crippen molar-refractivity contribution in [2.75, 3.05) is 6.54 Å². The van der Waals surface area contributed by atoms with Crippen molar-refractivity contribution >= 4 is 18.3 Å². The van der Waals surface area contributed by atoms with Crippen LogP contribution in [0.5, 0.6) is 0 Å². The van der Waals surface area contributed by atoms with Crippen LogP contribution in [0, 0.1) is 5.92 Å². The van der Waals surface area contributed by atoms with E-state index >= 15 is 0 Å². The van der Waals surface area contributed by atoms with E-state index in [1.54, 1.807) is 0 Å². The fourth-order valence-electron chi connectivity index (χ4n) is 4.58. The number of amides is 1. The summed E-state index contributed by atoms with van der Waals surface area (Å²) in [7, 11) is 0. The number of nitrogens with one attached hydrogen (secondary N) is 1. The van der Waals surface area contributed by atoms with E-state index in [1.807, 2.05) is 0 Å². The second-order valence-corrected chi connectivity index (χ2v) is 9.60. The Labute approximate surface area is 201 Å². The van der Waals surface area contributed by atoms with Gasteiger partial charge in [-0.1, -0.05) is 104 Å². The van der Waals surface area contributed by atoms with Crippen molar-refractivity contribution in [2.45, 2.75) is 142 Å². The lowest BCUT2D eigenvalue weighted by molar-refractivity contribution is -0.190. The topological polar surface area (TPSA) is 81.7 Å². The average Bonchev–Trinajstić information content (AvgIpc) is 2.80. The molecule has 0 radical (unpaired) electrons. The highest BCUT2D eigenvalue weighted by atomic mass is 16.6. The van der Waals surface area contributed by atoms with Crippen LogP contribution in [0.2, 0.25) is 0 Å². The molecule has 0 aromatic carbocycles. The minimum Gasteiger partial charge on any atom is -0.461 e. The van der Waals surface area contributed by atoms with Gasteiger partial charge in [-0.25, -0.2) is 0 Å². The van der Waals surface area contributed by atoms with Gasteiger partial charge < -0.3 is 14.8 Å². The highest BCUT2D eigenvalue weighted by molar-refractivity contribution is 5.78. The molecule has 0 spiro atoms. The van der Waals surface area contributed by atoms with Gasteiger partial charge in [-0.2, -0.15) is 0 Å². The van der Waals surface area contributed by atoms with Crippen LogP contribution in [0.15, 0.2) is 0 Å². The van der Waals surface area contributed by atoms with E-state index in [2.05, 4.69) is 19.2 Å². The van der Waals surface area contributed by atoms with E-state index < -0.39 is 5.97 Å². The number of hydrogen-bond acceptors (Lipinski definition) is 5. The molecule has 1 aliphatic heterocycles. The molecule has 1 aliphatic rings. The Morgan fingerprint density at radius 3 is 2.00 bits per heavy atom. The van der Waals surface area contributed by atoms with Crippen LogP contribution in [0.3, 0.4) is 0 Å². The molecule has 1 saturated heterocycles. The number of hydrogen-bond donors (Lipinski definition) is 1. The molecule has 0 aromatic rings. The van der Waals surface area contributed by atoms with Gasteiger partial charge in [0.1, 0.15) is 18.8 Å². The summed E-state index contributed by atoms with van der Waals surface area (Å²) in [4.78, 5) is 34.4. The molecule has 1 N–H and O–H groups in total. The molecule has 6 heteroatoms. The fraction of sp³-hybridized carbons (Fsp3) is 0.889. The maximum Gasteiger partial charge on any atom is 0.325 e. The van der Waals surface area contributed by atoms with Gasteiger partial charge in [0, 0.05) is 6.42 Å². The van der Waals surface area contributed by atoms with Gasteiger partial charge in [-0.15, -0.1) is 0 Å². The van der Waals surface area contributed by atoms with Crippen LogP contribution in [0.25, 0.3) is 0 Å². The third-order valence-electron chi connectivity index (χ3n) is 6.64. The first-order chi connectivity index (χ1) is 16.1. The van der Waals surface area contributed by atoms with Gasteiger partial charge in [-0.05, 0) is 19.3 Å². The summed E-state index contributed by atoms with van der Waals surface area (Å²) < 4.78 is 11.0. The average molecular weight is 468 g/mol. The zero-order valence-electron chi connectivity index (χ0n) is 21.3. The molecule has 1 amide bonds. The second-order valence-electron chi connectivity index (χ2n) is 9.60. The van der Waals surface area contributed by atoms with Crippen molar-refractivity contribution in [2.24, 2.45) is 5.92 Å². The number of cyclic esters (lactones) is 1. The van der Waals surface area contributed by atoms with Crippen molar-refractivity contribution < 1.29 is 23.9 Å². The third kappa shape index (κ3) is 14.3. The van der Waals surface area contributed by atoms with Crippen LogP contribution >= 0.6 is 0 Å². The Kier molecular flexibility index (Phi) is 17.7. The molecular weight excluding hydrogens is 418 g/mol. The van der Waals surface area contributed by atoms with Gasteiger partial charge in [0.25, 0.3) is 0 Å². The largest absolute Gasteiger partial charge is 0.461 e. The number of rotatable bonds is 23. The van der Waals surface area contributed by atoms with E-state index in [1.165, 1.54) is 70.6 Å². The molecular formula is C27H49NO5. The summed E-state index contributed by atoms with van der Waals surface area (Å²) in [6.45, 7) is 4.30. The van der Waals surface area contributed by atoms with E-state index in [0.717, 1.165) is 38.5 Å². The van der Waals surface area contributed by atoms with E-state index in [0.29, 0.717) is 12.8 Å². The molecule has 192 valence electrons. The highest BCUT2D eigenvalue weighted by Crippen LogP contribution is 2.32. The summed E-state index contributed by atoms with van der Waals surface area (Å²) >= 11 is 0. The van der Waals surface area contributed by atoms with Crippen LogP contribution in [-0.2, 0) is 23.9 Å². The first kappa shape index (κ1) is 29.4. The standard InChI is InChI=1S/C27H49NO5/c1-3-5-7-9-10-11-12-13-14-15-16-18-23(32-26(30)21-28-22-29)20-25-24(27(31)33-25)19-17-8-6-4-2/h22-25H,3-21H2,1-2H3,(H,28,29)/t23-,24-,25?/m0/s1. The minimum atomic E-state index is -0.430. The second kappa shape index (κ2) is 19.8. The Balaban J connectivity index is 2.30. The molecule has 0 aliphatic carbocycles. The summed E-state index contributed by atoms with van der Waals surface area (Å²) in [5.41, 5.74) is 0. The van der Waals surface area contributed by atoms with Crippen LogP contribution in [0.4, 0.5) is 0 Å². The van der Waals surface area contributed by atoms with Gasteiger partial charge in [-0.3, -0.25) is 14.4 Å². The zero-order valence-corrected chi connectivity index (χ0v) is 21.3. The lowest BCUT2D eigenvalue weighted by atomic mass is 9.86. The zero-order chi connectivity index (χ0) is 24.2. The molecule has 6 nitrogen and oxygen atoms in total. The summed E-state index contributed by atoms with van der Waals surface area (Å²) in [6.07, 6.45) is 20.8. The maximum absolute atomic E-state index is 12.0. The van der Waals surface area contributed by atoms with E-state index in [9.17, 15) is 14.4 Å². The predicted octanol–water partition coefficient (Wildman–Crippen LogP) is 6.25. The molecule has 0 bridgehead atoms. The number of carbonyl (C=O) groups is 3. The van der Waals surface area contributed by atoms with Gasteiger partial charge in [0.2, 0.25) is 6.41 Å².